The first-order valence-electron chi connectivity index (χ1n) is 5.88. The highest BCUT2D eigenvalue weighted by Crippen LogP contribution is 2.22. The van der Waals surface area contributed by atoms with Gasteiger partial charge in [0.05, 0.1) is 5.92 Å². The molecule has 96 valence electrons. The zero-order valence-corrected chi connectivity index (χ0v) is 10.3. The number of rotatable bonds is 3. The maximum absolute atomic E-state index is 11.4. The maximum Gasteiger partial charge on any atom is 0.222 e. The van der Waals surface area contributed by atoms with E-state index in [-0.39, 0.29) is 23.8 Å². The number of aromatic nitrogens is 2. The molecule has 1 heterocycles. The molecule has 0 saturated heterocycles. The number of carbonyl (C=O) groups is 1. The number of amides is 1. The van der Waals surface area contributed by atoms with Gasteiger partial charge in [-0.05, 0) is 19.8 Å². The van der Waals surface area contributed by atoms with Crippen LogP contribution >= 0.6 is 0 Å². The topological polar surface area (TPSA) is 107 Å². The second-order valence-corrected chi connectivity index (χ2v) is 4.46. The standard InChI is InChI=1S/C12H17N5O/c1-7-6-10(17-12(14)15-7)16-9-5-3-2-4-8(9)11(13)18/h2-3,6,8-9H,4-5H2,1H3,(H2,13,18)(H3,14,15,16,17)/t8-,9-/m1/s1. The number of nitrogens with two attached hydrogens (primary N) is 2. The van der Waals surface area contributed by atoms with Gasteiger partial charge in [-0.15, -0.1) is 0 Å². The van der Waals surface area contributed by atoms with Gasteiger partial charge in [0, 0.05) is 17.8 Å². The molecule has 1 amide bonds. The molecule has 1 aliphatic carbocycles. The van der Waals surface area contributed by atoms with Crippen LogP contribution in [0.5, 0.6) is 0 Å². The van der Waals surface area contributed by atoms with Crippen LogP contribution in [0.25, 0.3) is 0 Å². The Morgan fingerprint density at radius 1 is 1.39 bits per heavy atom. The molecule has 6 nitrogen and oxygen atoms in total. The zero-order valence-electron chi connectivity index (χ0n) is 10.3. The number of primary amides is 1. The summed E-state index contributed by atoms with van der Waals surface area (Å²) in [5.41, 5.74) is 11.8. The number of allylic oxidation sites excluding steroid dienone is 1. The molecule has 0 fully saturated rings. The molecule has 0 saturated carbocycles. The van der Waals surface area contributed by atoms with Gasteiger partial charge in [0.1, 0.15) is 5.82 Å². The van der Waals surface area contributed by atoms with Gasteiger partial charge in [-0.1, -0.05) is 12.2 Å². The number of hydrogen-bond donors (Lipinski definition) is 3. The first kappa shape index (κ1) is 12.3. The molecule has 5 N–H and O–H groups in total. The van der Waals surface area contributed by atoms with Crippen molar-refractivity contribution in [3.8, 4) is 0 Å². The molecular formula is C12H17N5O. The van der Waals surface area contributed by atoms with Gasteiger partial charge in [0.25, 0.3) is 0 Å². The van der Waals surface area contributed by atoms with Crippen molar-refractivity contribution in [3.63, 3.8) is 0 Å². The predicted molar refractivity (Wildman–Crippen MR) is 69.7 cm³/mol. The number of nitrogens with one attached hydrogen (secondary N) is 1. The zero-order chi connectivity index (χ0) is 13.1. The fourth-order valence-electron chi connectivity index (χ4n) is 2.14. The van der Waals surface area contributed by atoms with Crippen LogP contribution < -0.4 is 16.8 Å². The lowest BCUT2D eigenvalue weighted by molar-refractivity contribution is -0.122. The summed E-state index contributed by atoms with van der Waals surface area (Å²) in [6.07, 6.45) is 5.42. The molecule has 0 aromatic carbocycles. The van der Waals surface area contributed by atoms with E-state index in [4.69, 9.17) is 11.5 Å². The Kier molecular flexibility index (Phi) is 3.45. The molecule has 6 heteroatoms. The number of hydrogen-bond acceptors (Lipinski definition) is 5. The first-order chi connectivity index (χ1) is 8.56. The molecule has 0 aliphatic heterocycles. The summed E-state index contributed by atoms with van der Waals surface area (Å²) in [5.74, 6) is 0.341. The van der Waals surface area contributed by atoms with Crippen LogP contribution in [-0.2, 0) is 4.79 Å². The number of aryl methyl sites for hydroxylation is 1. The molecular weight excluding hydrogens is 230 g/mol. The van der Waals surface area contributed by atoms with Gasteiger partial charge in [0.2, 0.25) is 11.9 Å². The van der Waals surface area contributed by atoms with Gasteiger partial charge < -0.3 is 16.8 Å². The third-order valence-electron chi connectivity index (χ3n) is 3.00. The highest BCUT2D eigenvalue weighted by molar-refractivity contribution is 5.78. The van der Waals surface area contributed by atoms with E-state index in [1.807, 2.05) is 19.1 Å². The second kappa shape index (κ2) is 5.03. The lowest BCUT2D eigenvalue weighted by Gasteiger charge is -2.27. The lowest BCUT2D eigenvalue weighted by atomic mass is 9.88. The summed E-state index contributed by atoms with van der Waals surface area (Å²) < 4.78 is 0. The summed E-state index contributed by atoms with van der Waals surface area (Å²) >= 11 is 0. The Morgan fingerprint density at radius 3 is 2.78 bits per heavy atom. The summed E-state index contributed by atoms with van der Waals surface area (Å²) in [6, 6.07) is 1.76. The molecule has 0 spiro atoms. The monoisotopic (exact) mass is 247 g/mol. The Bertz CT molecular complexity index is 465. The van der Waals surface area contributed by atoms with Gasteiger partial charge >= 0.3 is 0 Å². The van der Waals surface area contributed by atoms with Crippen molar-refractivity contribution in [2.75, 3.05) is 11.1 Å². The van der Waals surface area contributed by atoms with Crippen LogP contribution in [0, 0.1) is 12.8 Å². The normalized spacial score (nSPS) is 22.7. The number of nitrogen functional groups attached to an aromatic ring is 1. The fraction of sp³-hybridized carbons (Fsp3) is 0.417. The van der Waals surface area contributed by atoms with Crippen molar-refractivity contribution < 1.29 is 4.79 Å². The van der Waals surface area contributed by atoms with Gasteiger partial charge in [-0.3, -0.25) is 4.79 Å². The minimum absolute atomic E-state index is 0.0406. The van der Waals surface area contributed by atoms with Crippen LogP contribution in [0.2, 0.25) is 0 Å². The molecule has 0 bridgehead atoms. The summed E-state index contributed by atoms with van der Waals surface area (Å²) in [4.78, 5) is 19.5. The van der Waals surface area contributed by atoms with Crippen LogP contribution in [-0.4, -0.2) is 21.9 Å². The summed E-state index contributed by atoms with van der Waals surface area (Å²) in [6.45, 7) is 1.84. The minimum Gasteiger partial charge on any atom is -0.369 e. The van der Waals surface area contributed by atoms with Crippen molar-refractivity contribution in [2.45, 2.75) is 25.8 Å². The van der Waals surface area contributed by atoms with E-state index in [0.29, 0.717) is 12.2 Å². The molecule has 18 heavy (non-hydrogen) atoms. The molecule has 0 radical (unpaired) electrons. The van der Waals surface area contributed by atoms with Crippen LogP contribution in [0.3, 0.4) is 0 Å². The van der Waals surface area contributed by atoms with E-state index in [2.05, 4.69) is 15.3 Å². The quantitative estimate of drug-likeness (QED) is 0.678. The maximum atomic E-state index is 11.4. The van der Waals surface area contributed by atoms with E-state index in [0.717, 1.165) is 12.1 Å². The fourth-order valence-corrected chi connectivity index (χ4v) is 2.14. The van der Waals surface area contributed by atoms with Crippen LogP contribution in [0.1, 0.15) is 18.5 Å². The van der Waals surface area contributed by atoms with Crippen molar-refractivity contribution >= 4 is 17.7 Å². The average molecular weight is 247 g/mol. The Balaban J connectivity index is 2.16. The van der Waals surface area contributed by atoms with E-state index in [1.54, 1.807) is 6.07 Å². The lowest BCUT2D eigenvalue weighted by Crippen LogP contribution is -2.39. The number of carbonyl (C=O) groups excluding carboxylic acids is 1. The molecule has 1 aliphatic rings. The van der Waals surface area contributed by atoms with Crippen LogP contribution in [0.15, 0.2) is 18.2 Å². The highest BCUT2D eigenvalue weighted by Gasteiger charge is 2.27. The second-order valence-electron chi connectivity index (χ2n) is 4.46. The molecule has 2 rings (SSSR count). The molecule has 1 aromatic heterocycles. The van der Waals surface area contributed by atoms with Crippen molar-refractivity contribution in [3.05, 3.63) is 23.9 Å². The third-order valence-corrected chi connectivity index (χ3v) is 3.00. The molecule has 1 aromatic rings. The number of nitrogens with zero attached hydrogens (tertiary/aromatic N) is 2. The van der Waals surface area contributed by atoms with Crippen molar-refractivity contribution in [1.82, 2.24) is 9.97 Å². The van der Waals surface area contributed by atoms with Crippen LogP contribution in [0.4, 0.5) is 11.8 Å². The van der Waals surface area contributed by atoms with Crippen molar-refractivity contribution in [1.29, 1.82) is 0 Å². The SMILES string of the molecule is Cc1cc(N[C@@H]2CC=CC[C@H]2C(N)=O)nc(N)n1. The minimum atomic E-state index is -0.296. The molecule has 2 atom stereocenters. The van der Waals surface area contributed by atoms with Gasteiger partial charge in [0.15, 0.2) is 0 Å². The average Bonchev–Trinajstić information content (AvgIpc) is 2.27. The predicted octanol–water partition coefficient (Wildman–Crippen LogP) is 0.599. The summed E-state index contributed by atoms with van der Waals surface area (Å²) in [5, 5.41) is 3.21. The largest absolute Gasteiger partial charge is 0.369 e. The Hall–Kier alpha value is -2.11. The highest BCUT2D eigenvalue weighted by atomic mass is 16.1. The van der Waals surface area contributed by atoms with Gasteiger partial charge in [-0.25, -0.2) is 4.98 Å². The van der Waals surface area contributed by atoms with Gasteiger partial charge in [-0.2, -0.15) is 4.98 Å². The van der Waals surface area contributed by atoms with E-state index in [9.17, 15) is 4.79 Å². The van der Waals surface area contributed by atoms with E-state index in [1.165, 1.54) is 0 Å². The van der Waals surface area contributed by atoms with Crippen molar-refractivity contribution in [2.24, 2.45) is 11.7 Å². The smallest absolute Gasteiger partial charge is 0.222 e. The van der Waals surface area contributed by atoms with E-state index >= 15 is 0 Å². The Labute approximate surface area is 105 Å². The molecule has 0 unspecified atom stereocenters. The van der Waals surface area contributed by atoms with E-state index < -0.39 is 0 Å². The number of anilines is 2. The first-order valence-corrected chi connectivity index (χ1v) is 5.88. The Morgan fingerprint density at radius 2 is 2.11 bits per heavy atom. The third kappa shape index (κ3) is 2.77. The summed E-state index contributed by atoms with van der Waals surface area (Å²) in [7, 11) is 0.